The Morgan fingerprint density at radius 3 is 2.56 bits per heavy atom. The van der Waals surface area contributed by atoms with Crippen molar-refractivity contribution >= 4 is 12.1 Å². The lowest BCUT2D eigenvalue weighted by Crippen LogP contribution is -2.29. The van der Waals surface area contributed by atoms with Gasteiger partial charge in [-0.25, -0.2) is 5.43 Å². The van der Waals surface area contributed by atoms with E-state index in [2.05, 4.69) is 10.5 Å². The zero-order valence-electron chi connectivity index (χ0n) is 14.6. The monoisotopic (exact) mass is 361 g/mol. The van der Waals surface area contributed by atoms with Crippen molar-refractivity contribution in [3.63, 3.8) is 0 Å². The van der Waals surface area contributed by atoms with E-state index in [1.165, 1.54) is 16.8 Å². The predicted octanol–water partition coefficient (Wildman–Crippen LogP) is 2.58. The Hall–Kier alpha value is -3.67. The zero-order chi connectivity index (χ0) is 18.9. The molecule has 1 amide bonds. The minimum absolute atomic E-state index is 0.0941. The summed E-state index contributed by atoms with van der Waals surface area (Å²) in [4.78, 5) is 23.5. The zero-order valence-corrected chi connectivity index (χ0v) is 14.6. The summed E-state index contributed by atoms with van der Waals surface area (Å²) in [6.07, 6.45) is 3.07. The number of carbonyl (C=O) groups excluding carboxylic acids is 1. The smallest absolute Gasteiger partial charge is 0.260 e. The van der Waals surface area contributed by atoms with Gasteiger partial charge in [-0.3, -0.25) is 9.59 Å². The fourth-order valence-corrected chi connectivity index (χ4v) is 2.41. The average Bonchev–Trinajstić information content (AvgIpc) is 2.70. The third-order valence-electron chi connectivity index (χ3n) is 3.76. The van der Waals surface area contributed by atoms with Crippen LogP contribution in [0.25, 0.3) is 0 Å². The second kappa shape index (κ2) is 9.15. The Labute approximate surface area is 156 Å². The number of para-hydroxylation sites is 1. The van der Waals surface area contributed by atoms with Crippen LogP contribution in [0.15, 0.2) is 88.9 Å². The lowest BCUT2D eigenvalue weighted by Gasteiger charge is -2.09. The molecule has 136 valence electrons. The molecule has 0 spiro atoms. The molecule has 0 aliphatic heterocycles. The van der Waals surface area contributed by atoms with Gasteiger partial charge in [0, 0.05) is 17.8 Å². The molecule has 0 saturated carbocycles. The van der Waals surface area contributed by atoms with Crippen LogP contribution in [0.1, 0.15) is 11.1 Å². The molecule has 0 unspecified atom stereocenters. The largest absolute Gasteiger partial charge is 0.488 e. The molecule has 3 rings (SSSR count). The number of hydrogen-bond acceptors (Lipinski definition) is 4. The van der Waals surface area contributed by atoms with E-state index in [1.807, 2.05) is 54.6 Å². The van der Waals surface area contributed by atoms with Crippen LogP contribution in [0.2, 0.25) is 0 Å². The molecule has 0 fully saturated rings. The first kappa shape index (κ1) is 18.1. The highest BCUT2D eigenvalue weighted by atomic mass is 16.5. The van der Waals surface area contributed by atoms with E-state index >= 15 is 0 Å². The fraction of sp³-hybridized carbons (Fsp3) is 0.0952. The van der Waals surface area contributed by atoms with E-state index in [4.69, 9.17) is 4.74 Å². The Balaban J connectivity index is 1.59. The van der Waals surface area contributed by atoms with E-state index in [1.54, 1.807) is 18.3 Å². The van der Waals surface area contributed by atoms with E-state index in [0.29, 0.717) is 12.4 Å². The van der Waals surface area contributed by atoms with Gasteiger partial charge in [0.1, 0.15) is 18.9 Å². The summed E-state index contributed by atoms with van der Waals surface area (Å²) in [5, 5.41) is 3.96. The van der Waals surface area contributed by atoms with Crippen LogP contribution in [0.5, 0.6) is 5.75 Å². The lowest BCUT2D eigenvalue weighted by molar-refractivity contribution is -0.121. The third-order valence-corrected chi connectivity index (χ3v) is 3.76. The van der Waals surface area contributed by atoms with Crippen molar-refractivity contribution in [3.8, 4) is 5.75 Å². The van der Waals surface area contributed by atoms with Crippen molar-refractivity contribution in [1.82, 2.24) is 9.99 Å². The molecular formula is C21H19N3O3. The fourth-order valence-electron chi connectivity index (χ4n) is 2.41. The summed E-state index contributed by atoms with van der Waals surface area (Å²) in [5.74, 6) is 0.279. The minimum atomic E-state index is -0.387. The molecule has 3 aromatic rings. The van der Waals surface area contributed by atoms with Gasteiger partial charge in [0.2, 0.25) is 0 Å². The number of pyridine rings is 1. The van der Waals surface area contributed by atoms with Gasteiger partial charge >= 0.3 is 0 Å². The van der Waals surface area contributed by atoms with E-state index in [-0.39, 0.29) is 18.0 Å². The highest BCUT2D eigenvalue weighted by molar-refractivity contribution is 5.85. The van der Waals surface area contributed by atoms with Gasteiger partial charge in [-0.1, -0.05) is 48.5 Å². The molecule has 0 radical (unpaired) electrons. The van der Waals surface area contributed by atoms with Crippen LogP contribution in [0.3, 0.4) is 0 Å². The van der Waals surface area contributed by atoms with Crippen molar-refractivity contribution in [2.45, 2.75) is 13.2 Å². The first-order valence-electron chi connectivity index (χ1n) is 8.45. The van der Waals surface area contributed by atoms with Crippen molar-refractivity contribution in [1.29, 1.82) is 0 Å². The predicted molar refractivity (Wildman–Crippen MR) is 104 cm³/mol. The van der Waals surface area contributed by atoms with Gasteiger partial charge in [-0.15, -0.1) is 0 Å². The normalized spacial score (nSPS) is 10.7. The van der Waals surface area contributed by atoms with Gasteiger partial charge in [-0.05, 0) is 23.8 Å². The molecule has 1 N–H and O–H groups in total. The maximum atomic E-state index is 11.9. The molecule has 0 bridgehead atoms. The van der Waals surface area contributed by atoms with Crippen molar-refractivity contribution in [3.05, 3.63) is 100 Å². The van der Waals surface area contributed by atoms with Crippen LogP contribution in [-0.4, -0.2) is 16.7 Å². The Kier molecular flexibility index (Phi) is 6.14. The Morgan fingerprint density at radius 1 is 1.00 bits per heavy atom. The second-order valence-electron chi connectivity index (χ2n) is 5.77. The summed E-state index contributed by atoms with van der Waals surface area (Å²) in [6.45, 7) is 0.345. The highest BCUT2D eigenvalue weighted by Gasteiger charge is 2.04. The van der Waals surface area contributed by atoms with Crippen molar-refractivity contribution in [2.75, 3.05) is 0 Å². The number of nitrogens with one attached hydrogen (secondary N) is 1. The van der Waals surface area contributed by atoms with Crippen molar-refractivity contribution in [2.24, 2.45) is 5.10 Å². The summed E-state index contributed by atoms with van der Waals surface area (Å²) in [7, 11) is 0. The van der Waals surface area contributed by atoms with Gasteiger partial charge < -0.3 is 9.30 Å². The number of ether oxygens (including phenoxy) is 1. The van der Waals surface area contributed by atoms with Crippen LogP contribution < -0.4 is 15.7 Å². The summed E-state index contributed by atoms with van der Waals surface area (Å²) >= 11 is 0. The second-order valence-corrected chi connectivity index (χ2v) is 5.77. The third kappa shape index (κ3) is 5.40. The van der Waals surface area contributed by atoms with E-state index in [0.717, 1.165) is 11.1 Å². The van der Waals surface area contributed by atoms with Gasteiger partial charge in [0.25, 0.3) is 11.5 Å². The first-order valence-corrected chi connectivity index (χ1v) is 8.45. The number of carbonyl (C=O) groups is 1. The molecule has 2 aromatic carbocycles. The number of amides is 1. The molecule has 0 aliphatic carbocycles. The van der Waals surface area contributed by atoms with Gasteiger partial charge in [0.15, 0.2) is 0 Å². The van der Waals surface area contributed by atoms with Gasteiger partial charge in [-0.2, -0.15) is 5.10 Å². The number of hydrogen-bond donors (Lipinski definition) is 1. The van der Waals surface area contributed by atoms with Gasteiger partial charge in [0.05, 0.1) is 6.21 Å². The SMILES string of the molecule is O=C(Cn1ccccc1=O)N/N=C\c1ccccc1OCc1ccccc1. The van der Waals surface area contributed by atoms with E-state index in [9.17, 15) is 9.59 Å². The maximum absolute atomic E-state index is 11.9. The molecule has 0 aliphatic rings. The van der Waals surface area contributed by atoms with E-state index < -0.39 is 0 Å². The summed E-state index contributed by atoms with van der Waals surface area (Å²) in [6, 6.07) is 22.0. The molecule has 1 heterocycles. The quantitative estimate of drug-likeness (QED) is 0.519. The first-order chi connectivity index (χ1) is 13.2. The van der Waals surface area contributed by atoms with Crippen LogP contribution in [0, 0.1) is 0 Å². The summed E-state index contributed by atoms with van der Waals surface area (Å²) < 4.78 is 7.15. The molecular weight excluding hydrogens is 342 g/mol. The maximum Gasteiger partial charge on any atom is 0.260 e. The molecule has 27 heavy (non-hydrogen) atoms. The van der Waals surface area contributed by atoms with Crippen LogP contribution >= 0.6 is 0 Å². The number of nitrogens with zero attached hydrogens (tertiary/aromatic N) is 2. The Morgan fingerprint density at radius 2 is 1.74 bits per heavy atom. The number of hydrazone groups is 1. The topological polar surface area (TPSA) is 72.7 Å². The molecule has 6 heteroatoms. The standard InChI is InChI=1S/C21H19N3O3/c25-20(15-24-13-7-6-12-21(24)26)23-22-14-18-10-4-5-11-19(18)27-16-17-8-2-1-3-9-17/h1-14H,15-16H2,(H,23,25)/b22-14-. The molecule has 0 saturated heterocycles. The van der Waals surface area contributed by atoms with Crippen molar-refractivity contribution < 1.29 is 9.53 Å². The molecule has 0 atom stereocenters. The highest BCUT2D eigenvalue weighted by Crippen LogP contribution is 2.17. The number of aromatic nitrogens is 1. The number of rotatable bonds is 7. The van der Waals surface area contributed by atoms with Crippen LogP contribution in [0.4, 0.5) is 0 Å². The summed E-state index contributed by atoms with van der Waals surface area (Å²) in [5.41, 5.74) is 3.99. The lowest BCUT2D eigenvalue weighted by atomic mass is 10.2. The minimum Gasteiger partial charge on any atom is -0.488 e. The number of benzene rings is 2. The Bertz CT molecular complexity index is 981. The molecule has 1 aromatic heterocycles. The average molecular weight is 361 g/mol. The van der Waals surface area contributed by atoms with Crippen LogP contribution in [-0.2, 0) is 17.9 Å². The molecule has 6 nitrogen and oxygen atoms in total.